The van der Waals surface area contributed by atoms with Gasteiger partial charge in [-0.05, 0) is 19.1 Å². The first kappa shape index (κ1) is 15.6. The molecule has 0 bridgehead atoms. The molecule has 1 aliphatic heterocycles. The van der Waals surface area contributed by atoms with Gasteiger partial charge in [-0.2, -0.15) is 0 Å². The third kappa shape index (κ3) is 3.85. The summed E-state index contributed by atoms with van der Waals surface area (Å²) in [6.07, 6.45) is -0.0297. The van der Waals surface area contributed by atoms with Crippen LogP contribution in [0.25, 0.3) is 0 Å². The average molecular weight is 296 g/mol. The molecule has 1 heterocycles. The van der Waals surface area contributed by atoms with Gasteiger partial charge in [0.25, 0.3) is 0 Å². The predicted octanol–water partition coefficient (Wildman–Crippen LogP) is 1.75. The molecule has 1 fully saturated rings. The molecule has 1 saturated heterocycles. The lowest BCUT2D eigenvalue weighted by atomic mass is 10.0. The molecule has 0 aromatic heterocycles. The first-order valence-electron chi connectivity index (χ1n) is 6.97. The molecule has 2 rings (SSSR count). The Bertz CT molecular complexity index is 548. The summed E-state index contributed by atoms with van der Waals surface area (Å²) in [4.78, 5) is 25.7. The van der Waals surface area contributed by atoms with E-state index in [1.807, 2.05) is 6.92 Å². The van der Waals surface area contributed by atoms with Crippen LogP contribution in [-0.2, 0) is 4.79 Å². The standard InChI is InChI=1S/C15H18F2N2O2/c1-10-9-18-6-7-19(10)15(21)5-4-14(20)12-3-2-11(16)8-13(12)17/h2-3,8,10,18H,4-7,9H2,1H3. The quantitative estimate of drug-likeness (QED) is 0.861. The highest BCUT2D eigenvalue weighted by molar-refractivity contribution is 5.98. The Labute approximate surface area is 122 Å². The van der Waals surface area contributed by atoms with Crippen LogP contribution in [-0.4, -0.2) is 42.3 Å². The summed E-state index contributed by atoms with van der Waals surface area (Å²) in [6.45, 7) is 4.01. The highest BCUT2D eigenvalue weighted by atomic mass is 19.1. The largest absolute Gasteiger partial charge is 0.337 e. The van der Waals surface area contributed by atoms with Crippen LogP contribution in [0.1, 0.15) is 30.1 Å². The van der Waals surface area contributed by atoms with Crippen LogP contribution in [0.5, 0.6) is 0 Å². The van der Waals surface area contributed by atoms with E-state index in [0.29, 0.717) is 12.6 Å². The molecule has 6 heteroatoms. The third-order valence-corrected chi connectivity index (χ3v) is 3.62. The number of ketones is 1. The number of benzene rings is 1. The van der Waals surface area contributed by atoms with Crippen molar-refractivity contribution < 1.29 is 18.4 Å². The third-order valence-electron chi connectivity index (χ3n) is 3.62. The number of amides is 1. The van der Waals surface area contributed by atoms with E-state index in [-0.39, 0.29) is 30.4 Å². The fraction of sp³-hybridized carbons (Fsp3) is 0.467. The summed E-state index contributed by atoms with van der Waals surface area (Å²) in [5.41, 5.74) is -0.169. The zero-order valence-electron chi connectivity index (χ0n) is 11.9. The van der Waals surface area contributed by atoms with Gasteiger partial charge in [0, 0.05) is 44.6 Å². The minimum atomic E-state index is -0.886. The van der Waals surface area contributed by atoms with E-state index < -0.39 is 17.4 Å². The molecule has 0 aliphatic carbocycles. The highest BCUT2D eigenvalue weighted by Gasteiger charge is 2.23. The maximum atomic E-state index is 13.5. The maximum Gasteiger partial charge on any atom is 0.223 e. The van der Waals surface area contributed by atoms with E-state index in [4.69, 9.17) is 0 Å². The minimum Gasteiger partial charge on any atom is -0.337 e. The Morgan fingerprint density at radius 1 is 1.33 bits per heavy atom. The van der Waals surface area contributed by atoms with Gasteiger partial charge in [0.1, 0.15) is 11.6 Å². The van der Waals surface area contributed by atoms with Gasteiger partial charge >= 0.3 is 0 Å². The molecule has 1 unspecified atom stereocenters. The molecular formula is C15H18F2N2O2. The van der Waals surface area contributed by atoms with E-state index in [1.165, 1.54) is 0 Å². The van der Waals surface area contributed by atoms with Crippen molar-refractivity contribution in [2.75, 3.05) is 19.6 Å². The van der Waals surface area contributed by atoms with Crippen molar-refractivity contribution in [2.24, 2.45) is 0 Å². The summed E-state index contributed by atoms with van der Waals surface area (Å²) in [5.74, 6) is -2.21. The number of Topliss-reactive ketones (excluding diaryl/α,β-unsaturated/α-hetero) is 1. The Morgan fingerprint density at radius 3 is 2.76 bits per heavy atom. The predicted molar refractivity (Wildman–Crippen MR) is 74.0 cm³/mol. The smallest absolute Gasteiger partial charge is 0.223 e. The van der Waals surface area contributed by atoms with Crippen LogP contribution in [0, 0.1) is 11.6 Å². The second-order valence-corrected chi connectivity index (χ2v) is 5.19. The van der Waals surface area contributed by atoms with Crippen molar-refractivity contribution >= 4 is 11.7 Å². The van der Waals surface area contributed by atoms with Crippen LogP contribution in [0.2, 0.25) is 0 Å². The van der Waals surface area contributed by atoms with Crippen molar-refractivity contribution in [1.82, 2.24) is 10.2 Å². The number of rotatable bonds is 4. The Kier molecular flexibility index (Phi) is 5.01. The lowest BCUT2D eigenvalue weighted by Crippen LogP contribution is -2.52. The van der Waals surface area contributed by atoms with Crippen LogP contribution >= 0.6 is 0 Å². The molecule has 114 valence electrons. The van der Waals surface area contributed by atoms with Gasteiger partial charge in [0.05, 0.1) is 5.56 Å². The second-order valence-electron chi connectivity index (χ2n) is 5.19. The lowest BCUT2D eigenvalue weighted by molar-refractivity contribution is -0.133. The van der Waals surface area contributed by atoms with Crippen molar-refractivity contribution in [1.29, 1.82) is 0 Å². The number of nitrogens with zero attached hydrogens (tertiary/aromatic N) is 1. The molecule has 21 heavy (non-hydrogen) atoms. The van der Waals surface area contributed by atoms with Crippen LogP contribution in [0.4, 0.5) is 8.78 Å². The zero-order chi connectivity index (χ0) is 15.4. The van der Waals surface area contributed by atoms with E-state index >= 15 is 0 Å². The second kappa shape index (κ2) is 6.76. The SMILES string of the molecule is CC1CNCCN1C(=O)CCC(=O)c1ccc(F)cc1F. The molecular weight excluding hydrogens is 278 g/mol. The van der Waals surface area contributed by atoms with Gasteiger partial charge in [-0.25, -0.2) is 8.78 Å². The fourth-order valence-corrected chi connectivity index (χ4v) is 2.43. The number of hydrogen-bond donors (Lipinski definition) is 1. The molecule has 1 amide bonds. The number of halogens is 2. The Hall–Kier alpha value is -1.82. The van der Waals surface area contributed by atoms with Crippen LogP contribution < -0.4 is 5.32 Å². The lowest BCUT2D eigenvalue weighted by Gasteiger charge is -2.34. The highest BCUT2D eigenvalue weighted by Crippen LogP contribution is 2.14. The van der Waals surface area contributed by atoms with Crippen LogP contribution in [0.3, 0.4) is 0 Å². The van der Waals surface area contributed by atoms with Gasteiger partial charge in [-0.1, -0.05) is 0 Å². The zero-order valence-corrected chi connectivity index (χ0v) is 11.9. The fourth-order valence-electron chi connectivity index (χ4n) is 2.43. The first-order chi connectivity index (χ1) is 9.99. The molecule has 0 radical (unpaired) electrons. The number of nitrogens with one attached hydrogen (secondary N) is 1. The number of carbonyl (C=O) groups is 2. The van der Waals surface area contributed by atoms with Crippen LogP contribution in [0.15, 0.2) is 18.2 Å². The Morgan fingerprint density at radius 2 is 2.10 bits per heavy atom. The van der Waals surface area contributed by atoms with Gasteiger partial charge in [-0.3, -0.25) is 9.59 Å². The van der Waals surface area contributed by atoms with E-state index in [0.717, 1.165) is 25.2 Å². The monoisotopic (exact) mass is 296 g/mol. The molecule has 1 aliphatic rings. The van der Waals surface area contributed by atoms with Crippen molar-refractivity contribution in [3.63, 3.8) is 0 Å². The molecule has 0 saturated carbocycles. The van der Waals surface area contributed by atoms with E-state index in [1.54, 1.807) is 4.90 Å². The summed E-state index contributed by atoms with van der Waals surface area (Å²) in [6, 6.07) is 2.92. The van der Waals surface area contributed by atoms with Crippen molar-refractivity contribution in [3.05, 3.63) is 35.4 Å². The summed E-state index contributed by atoms with van der Waals surface area (Å²) in [5, 5.41) is 3.18. The summed E-state index contributed by atoms with van der Waals surface area (Å²) < 4.78 is 26.3. The van der Waals surface area contributed by atoms with Gasteiger partial charge in [-0.15, -0.1) is 0 Å². The molecule has 4 nitrogen and oxygen atoms in total. The first-order valence-corrected chi connectivity index (χ1v) is 6.97. The Balaban J connectivity index is 1.92. The molecule has 1 aromatic rings. The average Bonchev–Trinajstić information content (AvgIpc) is 2.45. The number of hydrogen-bond acceptors (Lipinski definition) is 3. The molecule has 1 atom stereocenters. The molecule has 1 N–H and O–H groups in total. The summed E-state index contributed by atoms with van der Waals surface area (Å²) in [7, 11) is 0. The molecule has 0 spiro atoms. The van der Waals surface area contributed by atoms with E-state index in [2.05, 4.69) is 5.32 Å². The van der Waals surface area contributed by atoms with E-state index in [9.17, 15) is 18.4 Å². The topological polar surface area (TPSA) is 49.4 Å². The van der Waals surface area contributed by atoms with Gasteiger partial charge in [0.15, 0.2) is 5.78 Å². The summed E-state index contributed by atoms with van der Waals surface area (Å²) >= 11 is 0. The number of piperazine rings is 1. The maximum absolute atomic E-state index is 13.5. The normalized spacial score (nSPS) is 18.6. The van der Waals surface area contributed by atoms with Crippen molar-refractivity contribution in [3.8, 4) is 0 Å². The minimum absolute atomic E-state index is 0.0417. The number of carbonyl (C=O) groups excluding carboxylic acids is 2. The van der Waals surface area contributed by atoms with Crippen molar-refractivity contribution in [2.45, 2.75) is 25.8 Å². The van der Waals surface area contributed by atoms with Gasteiger partial charge in [0.2, 0.25) is 5.91 Å². The molecule has 1 aromatic carbocycles. The van der Waals surface area contributed by atoms with Gasteiger partial charge < -0.3 is 10.2 Å².